The molecule has 1 N–H and O–H groups in total. The number of nitrogens with zero attached hydrogens (tertiary/aromatic N) is 3. The van der Waals surface area contributed by atoms with Gasteiger partial charge in [0.05, 0.1) is 5.41 Å². The van der Waals surface area contributed by atoms with Crippen LogP contribution in [0.25, 0.3) is 0 Å². The lowest BCUT2D eigenvalue weighted by atomic mass is 9.76. The van der Waals surface area contributed by atoms with Crippen molar-refractivity contribution in [1.29, 1.82) is 0 Å². The van der Waals surface area contributed by atoms with E-state index in [-0.39, 0.29) is 5.92 Å². The number of carboxylic acid groups (broad SMARTS) is 1. The van der Waals surface area contributed by atoms with Crippen LogP contribution >= 0.6 is 0 Å². The zero-order valence-electron chi connectivity index (χ0n) is 11.1. The predicted molar refractivity (Wildman–Crippen MR) is 68.5 cm³/mol. The molecular formula is C13H19N3O2. The molecule has 0 amide bonds. The number of hydrogen-bond acceptors (Lipinski definition) is 4. The lowest BCUT2D eigenvalue weighted by Crippen LogP contribution is -2.39. The quantitative estimate of drug-likeness (QED) is 0.883. The number of carbonyl (C=O) groups is 1. The molecule has 1 aliphatic heterocycles. The van der Waals surface area contributed by atoms with Gasteiger partial charge in [0.2, 0.25) is 5.95 Å². The van der Waals surface area contributed by atoms with Gasteiger partial charge in [-0.3, -0.25) is 4.79 Å². The minimum atomic E-state index is -0.715. The van der Waals surface area contributed by atoms with Crippen LogP contribution in [0.5, 0.6) is 0 Å². The Morgan fingerprint density at radius 2 is 2.28 bits per heavy atom. The highest BCUT2D eigenvalue weighted by Gasteiger charge is 2.47. The lowest BCUT2D eigenvalue weighted by Gasteiger charge is -2.28. The minimum absolute atomic E-state index is 0.102. The third-order valence-corrected chi connectivity index (χ3v) is 3.90. The fourth-order valence-electron chi connectivity index (χ4n) is 2.48. The van der Waals surface area contributed by atoms with Crippen molar-refractivity contribution < 1.29 is 9.90 Å². The molecule has 2 heterocycles. The Morgan fingerprint density at radius 1 is 1.56 bits per heavy atom. The van der Waals surface area contributed by atoms with Gasteiger partial charge in [-0.2, -0.15) is 0 Å². The zero-order valence-corrected chi connectivity index (χ0v) is 11.1. The first-order valence-electron chi connectivity index (χ1n) is 6.24. The lowest BCUT2D eigenvalue weighted by molar-refractivity contribution is -0.150. The molecule has 98 valence electrons. The van der Waals surface area contributed by atoms with Gasteiger partial charge in [0.1, 0.15) is 0 Å². The van der Waals surface area contributed by atoms with Crippen molar-refractivity contribution in [2.24, 2.45) is 11.3 Å². The molecule has 2 rings (SSSR count). The van der Waals surface area contributed by atoms with Crippen LogP contribution in [0.1, 0.15) is 26.0 Å². The average Bonchev–Trinajstić information content (AvgIpc) is 2.75. The summed E-state index contributed by atoms with van der Waals surface area (Å²) in [4.78, 5) is 22.1. The molecule has 1 saturated heterocycles. The Balaban J connectivity index is 2.24. The second kappa shape index (κ2) is 4.55. The number of aromatic nitrogens is 2. The van der Waals surface area contributed by atoms with Gasteiger partial charge in [-0.1, -0.05) is 13.8 Å². The molecule has 0 aliphatic carbocycles. The van der Waals surface area contributed by atoms with Crippen molar-refractivity contribution in [3.05, 3.63) is 18.0 Å². The fourth-order valence-corrected chi connectivity index (χ4v) is 2.48. The summed E-state index contributed by atoms with van der Waals surface area (Å²) in [5.41, 5.74) is 0.227. The van der Waals surface area contributed by atoms with Crippen LogP contribution in [0.2, 0.25) is 0 Å². The van der Waals surface area contributed by atoms with E-state index in [4.69, 9.17) is 0 Å². The van der Waals surface area contributed by atoms with Crippen molar-refractivity contribution in [3.63, 3.8) is 0 Å². The molecule has 0 spiro atoms. The highest BCUT2D eigenvalue weighted by atomic mass is 16.4. The number of rotatable bonds is 3. The van der Waals surface area contributed by atoms with Gasteiger partial charge in [-0.05, 0) is 25.3 Å². The van der Waals surface area contributed by atoms with Crippen molar-refractivity contribution in [3.8, 4) is 0 Å². The Labute approximate surface area is 107 Å². The Bertz CT molecular complexity index is 461. The molecule has 1 atom stereocenters. The monoisotopic (exact) mass is 249 g/mol. The minimum Gasteiger partial charge on any atom is -0.481 e. The van der Waals surface area contributed by atoms with Crippen LogP contribution in [0.15, 0.2) is 12.3 Å². The Kier molecular flexibility index (Phi) is 3.24. The highest BCUT2D eigenvalue weighted by Crippen LogP contribution is 2.39. The predicted octanol–water partition coefficient (Wildman–Crippen LogP) is 1.72. The molecular weight excluding hydrogens is 230 g/mol. The largest absolute Gasteiger partial charge is 0.481 e. The van der Waals surface area contributed by atoms with E-state index in [0.29, 0.717) is 25.5 Å². The number of hydrogen-bond donors (Lipinski definition) is 1. The van der Waals surface area contributed by atoms with Crippen molar-refractivity contribution in [1.82, 2.24) is 9.97 Å². The summed E-state index contributed by atoms with van der Waals surface area (Å²) in [6.45, 7) is 7.04. The summed E-state index contributed by atoms with van der Waals surface area (Å²) in [6, 6.07) is 1.84. The third kappa shape index (κ3) is 2.05. The maximum atomic E-state index is 11.5. The van der Waals surface area contributed by atoms with Crippen molar-refractivity contribution >= 4 is 11.9 Å². The SMILES string of the molecule is Cc1ccnc(N2CCC(C(=O)O)(C(C)C)C2)n1. The molecule has 5 nitrogen and oxygen atoms in total. The number of aryl methyl sites for hydroxylation is 1. The summed E-state index contributed by atoms with van der Waals surface area (Å²) in [5.74, 6) is 0.0243. The first-order chi connectivity index (χ1) is 8.45. The van der Waals surface area contributed by atoms with E-state index in [9.17, 15) is 9.90 Å². The normalized spacial score (nSPS) is 23.7. The van der Waals surface area contributed by atoms with Crippen LogP contribution < -0.4 is 4.90 Å². The van der Waals surface area contributed by atoms with Gasteiger partial charge < -0.3 is 10.0 Å². The van der Waals surface area contributed by atoms with Gasteiger partial charge >= 0.3 is 5.97 Å². The van der Waals surface area contributed by atoms with E-state index < -0.39 is 11.4 Å². The second-order valence-corrected chi connectivity index (χ2v) is 5.29. The maximum absolute atomic E-state index is 11.5. The van der Waals surface area contributed by atoms with E-state index >= 15 is 0 Å². The van der Waals surface area contributed by atoms with Crippen LogP contribution in [0.3, 0.4) is 0 Å². The second-order valence-electron chi connectivity index (χ2n) is 5.29. The van der Waals surface area contributed by atoms with Crippen molar-refractivity contribution in [2.75, 3.05) is 18.0 Å². The molecule has 0 aromatic carbocycles. The number of aliphatic carboxylic acids is 1. The van der Waals surface area contributed by atoms with Gasteiger partial charge in [-0.25, -0.2) is 9.97 Å². The average molecular weight is 249 g/mol. The summed E-state index contributed by atoms with van der Waals surface area (Å²) < 4.78 is 0. The highest BCUT2D eigenvalue weighted by molar-refractivity contribution is 5.76. The molecule has 0 bridgehead atoms. The first kappa shape index (κ1) is 12.8. The fraction of sp³-hybridized carbons (Fsp3) is 0.615. The molecule has 0 radical (unpaired) electrons. The third-order valence-electron chi connectivity index (χ3n) is 3.90. The van der Waals surface area contributed by atoms with Crippen LogP contribution in [-0.2, 0) is 4.79 Å². The van der Waals surface area contributed by atoms with E-state index in [1.165, 1.54) is 0 Å². The summed E-state index contributed by atoms with van der Waals surface area (Å²) in [6.07, 6.45) is 2.37. The van der Waals surface area contributed by atoms with Gasteiger partial charge in [0.25, 0.3) is 0 Å². The Hall–Kier alpha value is -1.65. The van der Waals surface area contributed by atoms with E-state index in [1.807, 2.05) is 31.7 Å². The van der Waals surface area contributed by atoms with Gasteiger partial charge in [-0.15, -0.1) is 0 Å². The number of carboxylic acids is 1. The summed E-state index contributed by atoms with van der Waals surface area (Å²) in [7, 11) is 0. The van der Waals surface area contributed by atoms with Crippen LogP contribution in [-0.4, -0.2) is 34.1 Å². The summed E-state index contributed by atoms with van der Waals surface area (Å²) >= 11 is 0. The van der Waals surface area contributed by atoms with Gasteiger partial charge in [0, 0.05) is 25.0 Å². The Morgan fingerprint density at radius 3 is 2.78 bits per heavy atom. The molecule has 18 heavy (non-hydrogen) atoms. The molecule has 5 heteroatoms. The van der Waals surface area contributed by atoms with Crippen LogP contribution in [0.4, 0.5) is 5.95 Å². The maximum Gasteiger partial charge on any atom is 0.311 e. The molecule has 1 fully saturated rings. The molecule has 0 saturated carbocycles. The van der Waals surface area contributed by atoms with Crippen molar-refractivity contribution in [2.45, 2.75) is 27.2 Å². The molecule has 1 aromatic rings. The molecule has 1 unspecified atom stereocenters. The summed E-state index contributed by atoms with van der Waals surface area (Å²) in [5, 5.41) is 9.49. The standard InChI is InChI=1S/C13H19N3O2/c1-9(2)13(11(17)18)5-7-16(8-13)12-14-6-4-10(3)15-12/h4,6,9H,5,7-8H2,1-3H3,(H,17,18). The molecule has 1 aliphatic rings. The first-order valence-corrected chi connectivity index (χ1v) is 6.24. The molecule has 1 aromatic heterocycles. The van der Waals surface area contributed by atoms with Crippen LogP contribution in [0, 0.1) is 18.3 Å². The van der Waals surface area contributed by atoms with E-state index in [0.717, 1.165) is 5.69 Å². The topological polar surface area (TPSA) is 66.3 Å². The smallest absolute Gasteiger partial charge is 0.311 e. The zero-order chi connectivity index (χ0) is 13.3. The number of anilines is 1. The van der Waals surface area contributed by atoms with E-state index in [2.05, 4.69) is 9.97 Å². The van der Waals surface area contributed by atoms with Gasteiger partial charge in [0.15, 0.2) is 0 Å². The van der Waals surface area contributed by atoms with E-state index in [1.54, 1.807) is 6.20 Å².